The Hall–Kier alpha value is -3.09. The van der Waals surface area contributed by atoms with E-state index in [0.29, 0.717) is 19.7 Å². The number of aromatic nitrogens is 1. The van der Waals surface area contributed by atoms with Crippen LogP contribution in [0.2, 0.25) is 0 Å². The number of hydrogen-bond donors (Lipinski definition) is 1. The predicted molar refractivity (Wildman–Crippen MR) is 104 cm³/mol. The van der Waals surface area contributed by atoms with E-state index < -0.39 is 6.04 Å². The fourth-order valence-electron chi connectivity index (χ4n) is 3.13. The fourth-order valence-corrected chi connectivity index (χ4v) is 3.13. The summed E-state index contributed by atoms with van der Waals surface area (Å²) in [4.78, 5) is 33.1. The number of likely N-dealkylation sites (N-methyl/N-ethyl adjacent to an activating group) is 1. The molecular weight excluding hydrogens is 344 g/mol. The van der Waals surface area contributed by atoms with Crippen LogP contribution in [0.25, 0.3) is 0 Å². The van der Waals surface area contributed by atoms with Crippen LogP contribution < -0.4 is 15.1 Å². The lowest BCUT2D eigenvalue weighted by Gasteiger charge is -2.35. The molecule has 1 aromatic heterocycles. The van der Waals surface area contributed by atoms with Gasteiger partial charge in [0.15, 0.2) is 5.82 Å². The van der Waals surface area contributed by atoms with E-state index in [-0.39, 0.29) is 18.4 Å². The summed E-state index contributed by atoms with van der Waals surface area (Å²) in [6, 6.07) is 12.4. The van der Waals surface area contributed by atoms with Crippen LogP contribution >= 0.6 is 0 Å². The third-order valence-electron chi connectivity index (χ3n) is 4.50. The Kier molecular flexibility index (Phi) is 5.90. The zero-order chi connectivity index (χ0) is 19.2. The maximum Gasteiger partial charge on any atom is 0.322 e. The number of hydrogen-bond acceptors (Lipinski definition) is 5. The standard InChI is InChI=1S/C20H24N4O3/c1-3-27-18(25)14-16(15-8-5-4-6-9-15)22-20(26)24-13-12-23(2)19-17(24)10-7-11-21-19/h4-11,16H,3,12-14H2,1-2H3,(H,22,26). The van der Waals surface area contributed by atoms with Gasteiger partial charge < -0.3 is 15.0 Å². The Morgan fingerprint density at radius 2 is 1.96 bits per heavy atom. The Bertz CT molecular complexity index is 797. The maximum absolute atomic E-state index is 13.0. The van der Waals surface area contributed by atoms with Crippen LogP contribution in [0, 0.1) is 0 Å². The van der Waals surface area contributed by atoms with Gasteiger partial charge in [-0.2, -0.15) is 0 Å². The Labute approximate surface area is 158 Å². The van der Waals surface area contributed by atoms with Crippen molar-refractivity contribution in [1.82, 2.24) is 10.3 Å². The molecule has 3 rings (SSSR count). The first-order valence-corrected chi connectivity index (χ1v) is 9.05. The number of amides is 2. The molecule has 2 aromatic rings. The quantitative estimate of drug-likeness (QED) is 0.822. The molecule has 27 heavy (non-hydrogen) atoms. The smallest absolute Gasteiger partial charge is 0.322 e. The number of carbonyl (C=O) groups is 2. The molecule has 2 heterocycles. The third-order valence-corrected chi connectivity index (χ3v) is 4.50. The summed E-state index contributed by atoms with van der Waals surface area (Å²) in [5, 5.41) is 2.99. The molecule has 2 amide bonds. The monoisotopic (exact) mass is 368 g/mol. The SMILES string of the molecule is CCOC(=O)CC(NC(=O)N1CCN(C)c2ncccc21)c1ccccc1. The van der Waals surface area contributed by atoms with Crippen molar-refractivity contribution in [2.45, 2.75) is 19.4 Å². The number of rotatable bonds is 5. The maximum atomic E-state index is 13.0. The molecule has 1 atom stereocenters. The molecule has 142 valence electrons. The highest BCUT2D eigenvalue weighted by Crippen LogP contribution is 2.30. The lowest BCUT2D eigenvalue weighted by molar-refractivity contribution is -0.143. The molecule has 1 N–H and O–H groups in total. The minimum absolute atomic E-state index is 0.0806. The van der Waals surface area contributed by atoms with Crippen molar-refractivity contribution < 1.29 is 14.3 Å². The van der Waals surface area contributed by atoms with Crippen molar-refractivity contribution in [3.05, 3.63) is 54.2 Å². The first kappa shape index (κ1) is 18.7. The Balaban J connectivity index is 1.80. The van der Waals surface area contributed by atoms with Crippen LogP contribution in [-0.2, 0) is 9.53 Å². The molecule has 0 spiro atoms. The van der Waals surface area contributed by atoms with Crippen molar-refractivity contribution in [3.8, 4) is 0 Å². The number of fused-ring (bicyclic) bond motifs is 1. The number of nitrogens with one attached hydrogen (secondary N) is 1. The van der Waals surface area contributed by atoms with E-state index >= 15 is 0 Å². The number of pyridine rings is 1. The van der Waals surface area contributed by atoms with Crippen LogP contribution in [0.3, 0.4) is 0 Å². The minimum atomic E-state index is -0.461. The molecule has 0 saturated heterocycles. The molecule has 0 fully saturated rings. The number of carbonyl (C=O) groups excluding carboxylic acids is 2. The highest BCUT2D eigenvalue weighted by Gasteiger charge is 2.28. The van der Waals surface area contributed by atoms with Crippen molar-refractivity contribution >= 4 is 23.5 Å². The van der Waals surface area contributed by atoms with Gasteiger partial charge in [0.25, 0.3) is 0 Å². The minimum Gasteiger partial charge on any atom is -0.466 e. The van der Waals surface area contributed by atoms with Gasteiger partial charge in [0.1, 0.15) is 0 Å². The van der Waals surface area contributed by atoms with Gasteiger partial charge in [-0.1, -0.05) is 30.3 Å². The zero-order valence-corrected chi connectivity index (χ0v) is 15.6. The molecule has 0 aliphatic carbocycles. The van der Waals surface area contributed by atoms with E-state index in [0.717, 1.165) is 17.1 Å². The van der Waals surface area contributed by atoms with Gasteiger partial charge >= 0.3 is 12.0 Å². The largest absolute Gasteiger partial charge is 0.466 e. The van der Waals surface area contributed by atoms with Gasteiger partial charge in [-0.3, -0.25) is 9.69 Å². The van der Waals surface area contributed by atoms with Crippen LogP contribution in [0.4, 0.5) is 16.3 Å². The second kappa shape index (κ2) is 8.53. The number of ether oxygens (including phenoxy) is 1. The summed E-state index contributed by atoms with van der Waals surface area (Å²) in [6.45, 7) is 3.31. The van der Waals surface area contributed by atoms with E-state index in [1.807, 2.05) is 54.4 Å². The van der Waals surface area contributed by atoms with Gasteiger partial charge in [-0.15, -0.1) is 0 Å². The summed E-state index contributed by atoms with van der Waals surface area (Å²) in [5.74, 6) is 0.424. The molecule has 7 nitrogen and oxygen atoms in total. The fraction of sp³-hybridized carbons (Fsp3) is 0.350. The number of benzene rings is 1. The molecular formula is C20H24N4O3. The topological polar surface area (TPSA) is 74.8 Å². The summed E-state index contributed by atoms with van der Waals surface area (Å²) in [6.07, 6.45) is 1.79. The molecule has 0 saturated carbocycles. The van der Waals surface area contributed by atoms with E-state index in [2.05, 4.69) is 10.3 Å². The number of nitrogens with zero attached hydrogens (tertiary/aromatic N) is 3. The van der Waals surface area contributed by atoms with Crippen molar-refractivity contribution in [2.24, 2.45) is 0 Å². The van der Waals surface area contributed by atoms with Crippen LogP contribution in [0.1, 0.15) is 24.9 Å². The average Bonchev–Trinajstić information content (AvgIpc) is 2.69. The van der Waals surface area contributed by atoms with Gasteiger partial charge in [0.2, 0.25) is 0 Å². The molecule has 0 bridgehead atoms. The normalized spacial score (nSPS) is 14.3. The molecule has 1 aliphatic heterocycles. The van der Waals surface area contributed by atoms with E-state index in [1.165, 1.54) is 0 Å². The number of anilines is 2. The van der Waals surface area contributed by atoms with Crippen molar-refractivity contribution in [2.75, 3.05) is 36.5 Å². The first-order valence-electron chi connectivity index (χ1n) is 9.05. The van der Waals surface area contributed by atoms with Gasteiger partial charge in [0, 0.05) is 26.3 Å². The van der Waals surface area contributed by atoms with Crippen LogP contribution in [-0.4, -0.2) is 43.7 Å². The van der Waals surface area contributed by atoms with Gasteiger partial charge in [-0.05, 0) is 24.6 Å². The summed E-state index contributed by atoms with van der Waals surface area (Å²) in [5.41, 5.74) is 1.62. The average molecular weight is 368 g/mol. The van der Waals surface area contributed by atoms with Crippen LogP contribution in [0.5, 0.6) is 0 Å². The number of urea groups is 1. The predicted octanol–water partition coefficient (Wildman–Crippen LogP) is 2.74. The molecule has 1 aliphatic rings. The van der Waals surface area contributed by atoms with Gasteiger partial charge in [-0.25, -0.2) is 9.78 Å². The third kappa shape index (κ3) is 4.36. The highest BCUT2D eigenvalue weighted by atomic mass is 16.5. The Morgan fingerprint density at radius 3 is 2.70 bits per heavy atom. The Morgan fingerprint density at radius 1 is 1.19 bits per heavy atom. The summed E-state index contributed by atoms with van der Waals surface area (Å²) in [7, 11) is 1.95. The van der Waals surface area contributed by atoms with Crippen LogP contribution in [0.15, 0.2) is 48.7 Å². The van der Waals surface area contributed by atoms with E-state index in [4.69, 9.17) is 4.74 Å². The zero-order valence-electron chi connectivity index (χ0n) is 15.6. The summed E-state index contributed by atoms with van der Waals surface area (Å²) >= 11 is 0. The first-order chi connectivity index (χ1) is 13.1. The summed E-state index contributed by atoms with van der Waals surface area (Å²) < 4.78 is 5.07. The lowest BCUT2D eigenvalue weighted by Crippen LogP contribution is -2.48. The van der Waals surface area contributed by atoms with Gasteiger partial charge in [0.05, 0.1) is 24.8 Å². The molecule has 7 heteroatoms. The lowest BCUT2D eigenvalue weighted by atomic mass is 10.0. The number of esters is 1. The second-order valence-corrected chi connectivity index (χ2v) is 6.34. The molecule has 0 radical (unpaired) electrons. The van der Waals surface area contributed by atoms with Crippen molar-refractivity contribution in [1.29, 1.82) is 0 Å². The molecule has 1 aromatic carbocycles. The van der Waals surface area contributed by atoms with E-state index in [1.54, 1.807) is 18.0 Å². The van der Waals surface area contributed by atoms with E-state index in [9.17, 15) is 9.59 Å². The highest BCUT2D eigenvalue weighted by molar-refractivity contribution is 5.96. The van der Waals surface area contributed by atoms with Crippen molar-refractivity contribution in [3.63, 3.8) is 0 Å². The molecule has 1 unspecified atom stereocenters. The second-order valence-electron chi connectivity index (χ2n) is 6.34.